The van der Waals surface area contributed by atoms with Gasteiger partial charge < -0.3 is 10.1 Å². The van der Waals surface area contributed by atoms with Gasteiger partial charge in [0.2, 0.25) is 0 Å². The maximum atomic E-state index is 13.1. The first-order valence-electron chi connectivity index (χ1n) is 9.65. The van der Waals surface area contributed by atoms with Crippen LogP contribution < -0.4 is 14.8 Å². The summed E-state index contributed by atoms with van der Waals surface area (Å²) in [6.07, 6.45) is 0.655. The third kappa shape index (κ3) is 5.61. The van der Waals surface area contributed by atoms with Gasteiger partial charge in [0, 0.05) is 11.3 Å². The number of anilines is 1. The molecule has 8 heteroatoms. The lowest BCUT2D eigenvalue weighted by Gasteiger charge is -2.18. The van der Waals surface area contributed by atoms with Crippen LogP contribution in [0.1, 0.15) is 35.3 Å². The number of sulfonamides is 1. The summed E-state index contributed by atoms with van der Waals surface area (Å²) in [5, 5.41) is 2.93. The SMILES string of the molecule is CC[C@@H](NC(=O)c1cccc(S(=O)(=O)Nc2ccc(F)cc2)c1)c1ccc(OC)cc1. The van der Waals surface area contributed by atoms with Gasteiger partial charge in [-0.15, -0.1) is 0 Å². The smallest absolute Gasteiger partial charge is 0.261 e. The van der Waals surface area contributed by atoms with Crippen LogP contribution in [0.25, 0.3) is 0 Å². The second kappa shape index (κ2) is 9.61. The van der Waals surface area contributed by atoms with E-state index in [-0.39, 0.29) is 28.1 Å². The maximum absolute atomic E-state index is 13.1. The monoisotopic (exact) mass is 442 g/mol. The Bertz CT molecular complexity index is 1150. The number of halogens is 1. The van der Waals surface area contributed by atoms with Crippen molar-refractivity contribution in [3.8, 4) is 5.75 Å². The van der Waals surface area contributed by atoms with Crippen LogP contribution in [-0.2, 0) is 10.0 Å². The number of methoxy groups -OCH3 is 1. The van der Waals surface area contributed by atoms with E-state index in [9.17, 15) is 17.6 Å². The lowest BCUT2D eigenvalue weighted by Crippen LogP contribution is -2.28. The molecule has 0 saturated carbocycles. The van der Waals surface area contributed by atoms with E-state index in [1.54, 1.807) is 13.2 Å². The molecule has 0 bridgehead atoms. The van der Waals surface area contributed by atoms with Crippen molar-refractivity contribution in [2.24, 2.45) is 0 Å². The third-order valence-electron chi connectivity index (χ3n) is 4.73. The summed E-state index contributed by atoms with van der Waals surface area (Å²) in [5.74, 6) is -0.137. The Labute approximate surface area is 181 Å². The molecule has 31 heavy (non-hydrogen) atoms. The van der Waals surface area contributed by atoms with E-state index in [0.717, 1.165) is 23.4 Å². The molecule has 0 aliphatic carbocycles. The Morgan fingerprint density at radius 1 is 1.03 bits per heavy atom. The fraction of sp³-hybridized carbons (Fsp3) is 0.174. The Balaban J connectivity index is 1.77. The highest BCUT2D eigenvalue weighted by Crippen LogP contribution is 2.22. The van der Waals surface area contributed by atoms with Crippen LogP contribution in [0.15, 0.2) is 77.7 Å². The molecule has 0 unspecified atom stereocenters. The van der Waals surface area contributed by atoms with Crippen LogP contribution in [0.4, 0.5) is 10.1 Å². The van der Waals surface area contributed by atoms with E-state index in [1.807, 2.05) is 31.2 Å². The molecule has 3 aromatic rings. The number of amides is 1. The predicted octanol–water partition coefficient (Wildman–Crippen LogP) is 4.52. The molecular formula is C23H23FN2O4S. The van der Waals surface area contributed by atoms with Crippen LogP contribution in [-0.4, -0.2) is 21.4 Å². The van der Waals surface area contributed by atoms with E-state index in [2.05, 4.69) is 10.0 Å². The zero-order valence-electron chi connectivity index (χ0n) is 17.1. The lowest BCUT2D eigenvalue weighted by molar-refractivity contribution is 0.0935. The molecule has 2 N–H and O–H groups in total. The molecule has 0 aliphatic rings. The highest BCUT2D eigenvalue weighted by Gasteiger charge is 2.19. The minimum Gasteiger partial charge on any atom is -0.497 e. The maximum Gasteiger partial charge on any atom is 0.261 e. The fourth-order valence-electron chi connectivity index (χ4n) is 3.04. The molecule has 162 valence electrons. The van der Waals surface area contributed by atoms with Crippen LogP contribution in [0, 0.1) is 5.82 Å². The van der Waals surface area contributed by atoms with Crippen molar-refractivity contribution in [1.82, 2.24) is 5.32 Å². The molecule has 0 heterocycles. The highest BCUT2D eigenvalue weighted by atomic mass is 32.2. The van der Waals surface area contributed by atoms with Crippen LogP contribution in [0.2, 0.25) is 0 Å². The molecule has 3 aromatic carbocycles. The lowest BCUT2D eigenvalue weighted by atomic mass is 10.0. The zero-order chi connectivity index (χ0) is 22.4. The molecule has 3 rings (SSSR count). The van der Waals surface area contributed by atoms with E-state index in [1.165, 1.54) is 30.3 Å². The largest absolute Gasteiger partial charge is 0.497 e. The third-order valence-corrected chi connectivity index (χ3v) is 6.11. The average molecular weight is 443 g/mol. The summed E-state index contributed by atoms with van der Waals surface area (Å²) < 4.78 is 45.9. The van der Waals surface area contributed by atoms with Gasteiger partial charge in [-0.1, -0.05) is 25.1 Å². The molecule has 6 nitrogen and oxygen atoms in total. The summed E-state index contributed by atoms with van der Waals surface area (Å²) in [4.78, 5) is 12.7. The van der Waals surface area contributed by atoms with E-state index in [0.29, 0.717) is 6.42 Å². The number of hydrogen-bond donors (Lipinski definition) is 2. The van der Waals surface area contributed by atoms with Gasteiger partial charge in [0.1, 0.15) is 11.6 Å². The summed E-state index contributed by atoms with van der Waals surface area (Å²) >= 11 is 0. The minimum absolute atomic E-state index is 0.0676. The molecule has 0 aliphatic heterocycles. The second-order valence-corrected chi connectivity index (χ2v) is 8.53. The summed E-state index contributed by atoms with van der Waals surface area (Å²) in [7, 11) is -2.36. The first kappa shape index (κ1) is 22.3. The van der Waals surface area contributed by atoms with Crippen LogP contribution in [0.5, 0.6) is 5.75 Å². The second-order valence-electron chi connectivity index (χ2n) is 6.85. The van der Waals surface area contributed by atoms with Gasteiger partial charge >= 0.3 is 0 Å². The zero-order valence-corrected chi connectivity index (χ0v) is 17.9. The van der Waals surface area contributed by atoms with Crippen molar-refractivity contribution >= 4 is 21.6 Å². The number of benzene rings is 3. The van der Waals surface area contributed by atoms with Gasteiger partial charge in [-0.25, -0.2) is 12.8 Å². The standard InChI is InChI=1S/C23H23FN2O4S/c1-3-22(16-7-13-20(30-2)14-8-16)25-23(27)17-5-4-6-21(15-17)31(28,29)26-19-11-9-18(24)10-12-19/h4-15,22,26H,3H2,1-2H3,(H,25,27)/t22-/m1/s1. The Morgan fingerprint density at radius 3 is 2.32 bits per heavy atom. The van der Waals surface area contributed by atoms with Gasteiger partial charge in [0.25, 0.3) is 15.9 Å². The molecular weight excluding hydrogens is 419 g/mol. The van der Waals surface area contributed by atoms with Crippen molar-refractivity contribution in [1.29, 1.82) is 0 Å². The molecule has 1 atom stereocenters. The Hall–Kier alpha value is -3.39. The predicted molar refractivity (Wildman–Crippen MR) is 117 cm³/mol. The van der Waals surface area contributed by atoms with Gasteiger partial charge in [0.05, 0.1) is 18.0 Å². The quantitative estimate of drug-likeness (QED) is 0.537. The normalized spacial score (nSPS) is 12.1. The highest BCUT2D eigenvalue weighted by molar-refractivity contribution is 7.92. The molecule has 0 saturated heterocycles. The Morgan fingerprint density at radius 2 is 1.71 bits per heavy atom. The number of carbonyl (C=O) groups is 1. The fourth-order valence-corrected chi connectivity index (χ4v) is 4.14. The first-order chi connectivity index (χ1) is 14.8. The van der Waals surface area contributed by atoms with Gasteiger partial charge in [-0.05, 0) is 66.6 Å². The average Bonchev–Trinajstić information content (AvgIpc) is 2.79. The Kier molecular flexibility index (Phi) is 6.91. The molecule has 0 spiro atoms. The number of rotatable bonds is 8. The van der Waals surface area contributed by atoms with Crippen LogP contribution in [0.3, 0.4) is 0 Å². The van der Waals surface area contributed by atoms with Crippen molar-refractivity contribution in [3.63, 3.8) is 0 Å². The minimum atomic E-state index is -3.94. The number of hydrogen-bond acceptors (Lipinski definition) is 4. The van der Waals surface area contributed by atoms with E-state index in [4.69, 9.17) is 4.74 Å². The van der Waals surface area contributed by atoms with Crippen molar-refractivity contribution in [2.75, 3.05) is 11.8 Å². The summed E-state index contributed by atoms with van der Waals surface area (Å²) in [6.45, 7) is 1.95. The molecule has 1 amide bonds. The van der Waals surface area contributed by atoms with Crippen molar-refractivity contribution < 1.29 is 22.3 Å². The van der Waals surface area contributed by atoms with Gasteiger partial charge in [-0.3, -0.25) is 9.52 Å². The number of ether oxygens (including phenoxy) is 1. The van der Waals surface area contributed by atoms with Crippen molar-refractivity contribution in [3.05, 3.63) is 89.7 Å². The van der Waals surface area contributed by atoms with Gasteiger partial charge in [0.15, 0.2) is 0 Å². The first-order valence-corrected chi connectivity index (χ1v) is 11.1. The summed E-state index contributed by atoms with van der Waals surface area (Å²) in [6, 6.07) is 17.9. The van der Waals surface area contributed by atoms with E-state index < -0.39 is 15.8 Å². The summed E-state index contributed by atoms with van der Waals surface area (Å²) in [5.41, 5.74) is 1.36. The van der Waals surface area contributed by atoms with E-state index >= 15 is 0 Å². The van der Waals surface area contributed by atoms with Gasteiger partial charge in [-0.2, -0.15) is 0 Å². The van der Waals surface area contributed by atoms with Crippen LogP contribution >= 0.6 is 0 Å². The van der Waals surface area contributed by atoms with Crippen molar-refractivity contribution in [2.45, 2.75) is 24.3 Å². The number of carbonyl (C=O) groups excluding carboxylic acids is 1. The molecule has 0 aromatic heterocycles. The molecule has 0 fully saturated rings. The number of nitrogens with one attached hydrogen (secondary N) is 2. The topological polar surface area (TPSA) is 84.5 Å². The molecule has 0 radical (unpaired) electrons.